The Bertz CT molecular complexity index is 358. The fourth-order valence-electron chi connectivity index (χ4n) is 1.12. The van der Waals surface area contributed by atoms with E-state index < -0.39 is 5.66 Å². The number of rotatable bonds is 2. The molecule has 1 aliphatic rings. The Labute approximate surface area is 75.1 Å². The largest absolute Gasteiger partial charge is 0.285 e. The van der Waals surface area contributed by atoms with Crippen molar-refractivity contribution in [3.63, 3.8) is 0 Å². The number of hydrogen-bond acceptors (Lipinski definition) is 4. The number of carbonyl (C=O) groups excluding carboxylic acids is 1. The summed E-state index contributed by atoms with van der Waals surface area (Å²) < 4.78 is 0. The summed E-state index contributed by atoms with van der Waals surface area (Å²) >= 11 is 0. The zero-order valence-electron chi connectivity index (χ0n) is 6.71. The molecule has 0 N–H and O–H groups in total. The maximum Gasteiger partial charge on any atom is 0.259 e. The molecule has 4 nitrogen and oxygen atoms in total. The monoisotopic (exact) mass is 172 g/mol. The SMILES string of the molecule is O=[C]C1(c2ccccn2)N=CC=N1. The van der Waals surface area contributed by atoms with Crippen molar-refractivity contribution in [2.75, 3.05) is 0 Å². The van der Waals surface area contributed by atoms with Gasteiger partial charge in [-0.25, -0.2) is 9.98 Å². The summed E-state index contributed by atoms with van der Waals surface area (Å²) in [6.07, 6.45) is 6.32. The number of aromatic nitrogens is 1. The molecule has 0 bridgehead atoms. The van der Waals surface area contributed by atoms with Gasteiger partial charge in [-0.1, -0.05) is 6.07 Å². The number of nitrogens with zero attached hydrogens (tertiary/aromatic N) is 3. The maximum atomic E-state index is 10.7. The van der Waals surface area contributed by atoms with Crippen molar-refractivity contribution >= 4 is 18.7 Å². The molecule has 0 spiro atoms. The van der Waals surface area contributed by atoms with Crippen LogP contribution in [0.3, 0.4) is 0 Å². The van der Waals surface area contributed by atoms with Gasteiger partial charge in [-0.2, -0.15) is 0 Å². The first-order valence-electron chi connectivity index (χ1n) is 3.77. The van der Waals surface area contributed by atoms with Gasteiger partial charge in [0.1, 0.15) is 0 Å². The molecule has 63 valence electrons. The highest BCUT2D eigenvalue weighted by Crippen LogP contribution is 2.24. The minimum atomic E-state index is -1.25. The summed E-state index contributed by atoms with van der Waals surface area (Å²) in [5, 5.41) is 0. The van der Waals surface area contributed by atoms with E-state index in [1.807, 2.05) is 0 Å². The van der Waals surface area contributed by atoms with Crippen LogP contribution in [-0.4, -0.2) is 23.7 Å². The quantitative estimate of drug-likeness (QED) is 0.652. The third-order valence-electron chi connectivity index (χ3n) is 1.75. The van der Waals surface area contributed by atoms with Crippen LogP contribution in [0.4, 0.5) is 0 Å². The van der Waals surface area contributed by atoms with Gasteiger partial charge in [0.25, 0.3) is 11.9 Å². The van der Waals surface area contributed by atoms with Crippen LogP contribution in [0, 0.1) is 0 Å². The van der Waals surface area contributed by atoms with E-state index in [2.05, 4.69) is 15.0 Å². The lowest BCUT2D eigenvalue weighted by atomic mass is 10.1. The van der Waals surface area contributed by atoms with Crippen LogP contribution < -0.4 is 0 Å². The highest BCUT2D eigenvalue weighted by Gasteiger charge is 2.34. The molecule has 1 aromatic rings. The van der Waals surface area contributed by atoms with Crippen molar-refractivity contribution in [1.82, 2.24) is 4.98 Å². The minimum Gasteiger partial charge on any atom is -0.285 e. The molecule has 2 rings (SSSR count). The summed E-state index contributed by atoms with van der Waals surface area (Å²) in [6.45, 7) is 0. The topological polar surface area (TPSA) is 54.7 Å². The molecule has 0 aliphatic carbocycles. The Morgan fingerprint density at radius 2 is 2.00 bits per heavy atom. The molecule has 0 saturated heterocycles. The van der Waals surface area contributed by atoms with Crippen LogP contribution in [0.5, 0.6) is 0 Å². The second-order valence-corrected chi connectivity index (χ2v) is 2.55. The normalized spacial score (nSPS) is 17.5. The maximum absolute atomic E-state index is 10.7. The molecule has 0 aromatic carbocycles. The van der Waals surface area contributed by atoms with E-state index in [9.17, 15) is 4.79 Å². The average molecular weight is 172 g/mol. The Kier molecular flexibility index (Phi) is 1.73. The molecular weight excluding hydrogens is 166 g/mol. The van der Waals surface area contributed by atoms with Crippen molar-refractivity contribution < 1.29 is 4.79 Å². The Hall–Kier alpha value is -1.84. The van der Waals surface area contributed by atoms with Crippen molar-refractivity contribution in [3.05, 3.63) is 30.1 Å². The molecule has 4 heteroatoms. The first-order chi connectivity index (χ1) is 6.37. The van der Waals surface area contributed by atoms with Gasteiger partial charge in [-0.15, -0.1) is 0 Å². The van der Waals surface area contributed by atoms with Gasteiger partial charge >= 0.3 is 0 Å². The van der Waals surface area contributed by atoms with Crippen LogP contribution >= 0.6 is 0 Å². The Morgan fingerprint density at radius 1 is 1.23 bits per heavy atom. The van der Waals surface area contributed by atoms with Gasteiger partial charge in [-0.3, -0.25) is 9.78 Å². The van der Waals surface area contributed by atoms with E-state index in [-0.39, 0.29) is 0 Å². The van der Waals surface area contributed by atoms with Gasteiger partial charge in [0, 0.05) is 18.6 Å². The van der Waals surface area contributed by atoms with Crippen molar-refractivity contribution in [2.45, 2.75) is 5.66 Å². The fraction of sp³-hybridized carbons (Fsp3) is 0.111. The highest BCUT2D eigenvalue weighted by molar-refractivity contribution is 6.18. The summed E-state index contributed by atoms with van der Waals surface area (Å²) in [4.78, 5) is 22.6. The molecule has 1 aromatic heterocycles. The first-order valence-corrected chi connectivity index (χ1v) is 3.77. The number of aliphatic imine (C=N–C) groups is 2. The Morgan fingerprint density at radius 3 is 2.54 bits per heavy atom. The van der Waals surface area contributed by atoms with Gasteiger partial charge in [-0.05, 0) is 12.1 Å². The smallest absolute Gasteiger partial charge is 0.259 e. The number of pyridine rings is 1. The predicted octanol–water partition coefficient (Wildman–Crippen LogP) is 0.499. The van der Waals surface area contributed by atoms with E-state index >= 15 is 0 Å². The van der Waals surface area contributed by atoms with Crippen LogP contribution in [0.15, 0.2) is 34.4 Å². The van der Waals surface area contributed by atoms with E-state index in [0.29, 0.717) is 5.69 Å². The average Bonchev–Trinajstić information content (AvgIpc) is 2.69. The van der Waals surface area contributed by atoms with Crippen LogP contribution in [-0.2, 0) is 10.5 Å². The van der Waals surface area contributed by atoms with Crippen molar-refractivity contribution in [3.8, 4) is 0 Å². The zero-order valence-corrected chi connectivity index (χ0v) is 6.71. The molecule has 0 fully saturated rings. The van der Waals surface area contributed by atoms with Crippen LogP contribution in [0.1, 0.15) is 5.69 Å². The molecule has 0 atom stereocenters. The molecule has 2 heterocycles. The lowest BCUT2D eigenvalue weighted by Crippen LogP contribution is -2.21. The molecule has 0 unspecified atom stereocenters. The van der Waals surface area contributed by atoms with Crippen LogP contribution in [0.2, 0.25) is 0 Å². The van der Waals surface area contributed by atoms with Gasteiger partial charge in [0.05, 0.1) is 5.69 Å². The third kappa shape index (κ3) is 1.16. The summed E-state index contributed by atoms with van der Waals surface area (Å²) in [6, 6.07) is 5.25. The van der Waals surface area contributed by atoms with Crippen molar-refractivity contribution in [2.24, 2.45) is 9.98 Å². The summed E-state index contributed by atoms with van der Waals surface area (Å²) in [7, 11) is 0. The lowest BCUT2D eigenvalue weighted by molar-refractivity contribution is 0.501. The van der Waals surface area contributed by atoms with E-state index in [1.54, 1.807) is 30.7 Å². The van der Waals surface area contributed by atoms with Crippen molar-refractivity contribution in [1.29, 1.82) is 0 Å². The molecule has 13 heavy (non-hydrogen) atoms. The summed E-state index contributed by atoms with van der Waals surface area (Å²) in [5.41, 5.74) is -0.753. The summed E-state index contributed by atoms with van der Waals surface area (Å²) in [5.74, 6) is 0. The van der Waals surface area contributed by atoms with E-state index in [1.165, 1.54) is 12.4 Å². The van der Waals surface area contributed by atoms with Crippen LogP contribution in [0.25, 0.3) is 0 Å². The van der Waals surface area contributed by atoms with Gasteiger partial charge in [0.15, 0.2) is 0 Å². The van der Waals surface area contributed by atoms with E-state index in [4.69, 9.17) is 0 Å². The molecule has 1 aliphatic heterocycles. The zero-order chi connectivity index (χ0) is 9.15. The third-order valence-corrected chi connectivity index (χ3v) is 1.75. The van der Waals surface area contributed by atoms with Gasteiger partial charge < -0.3 is 0 Å². The first kappa shape index (κ1) is 7.79. The number of hydrogen-bond donors (Lipinski definition) is 0. The standard InChI is InChI=1S/C9H6N3O/c13-7-9(11-5-6-12-9)8-3-1-2-4-10-8/h1-6H. The lowest BCUT2D eigenvalue weighted by Gasteiger charge is -2.12. The second kappa shape index (κ2) is 2.90. The molecule has 0 saturated carbocycles. The fourth-order valence-corrected chi connectivity index (χ4v) is 1.12. The molecule has 0 amide bonds. The molecule has 1 radical (unpaired) electrons. The van der Waals surface area contributed by atoms with E-state index in [0.717, 1.165) is 0 Å². The minimum absolute atomic E-state index is 0.495. The highest BCUT2D eigenvalue weighted by atomic mass is 16.1. The second-order valence-electron chi connectivity index (χ2n) is 2.55. The Balaban J connectivity index is 2.50. The van der Waals surface area contributed by atoms with Gasteiger partial charge in [0.2, 0.25) is 0 Å². The molecular formula is C9H6N3O. The predicted molar refractivity (Wildman–Crippen MR) is 48.6 cm³/mol.